The Morgan fingerprint density at radius 1 is 1.26 bits per heavy atom. The summed E-state index contributed by atoms with van der Waals surface area (Å²) in [6.45, 7) is 0.417. The molecule has 0 bridgehead atoms. The molecule has 2 aromatic rings. The van der Waals surface area contributed by atoms with Gasteiger partial charge in [0.05, 0.1) is 0 Å². The van der Waals surface area contributed by atoms with E-state index in [9.17, 15) is 9.59 Å². The Hall–Kier alpha value is -1.95. The number of aromatic nitrogens is 2. The van der Waals surface area contributed by atoms with E-state index < -0.39 is 0 Å². The number of alkyl halides is 1. The van der Waals surface area contributed by atoms with Crippen molar-refractivity contribution in [2.75, 3.05) is 0 Å². The van der Waals surface area contributed by atoms with Gasteiger partial charge in [0.15, 0.2) is 0 Å². The molecular weight excluding hydrogens is 310 g/mol. The van der Waals surface area contributed by atoms with Gasteiger partial charge in [-0.05, 0) is 17.2 Å². The minimum Gasteiger partial charge on any atom is -0.347 e. The van der Waals surface area contributed by atoms with Gasteiger partial charge < -0.3 is 5.32 Å². The molecule has 0 unspecified atom stereocenters. The van der Waals surface area contributed by atoms with Crippen LogP contribution in [0.1, 0.15) is 21.6 Å². The zero-order valence-electron chi connectivity index (χ0n) is 10.0. The van der Waals surface area contributed by atoms with Gasteiger partial charge in [-0.15, -0.1) is 0 Å². The zero-order valence-corrected chi connectivity index (χ0v) is 11.6. The lowest BCUT2D eigenvalue weighted by atomic mass is 10.1. The van der Waals surface area contributed by atoms with Crippen LogP contribution in [0.2, 0.25) is 0 Å². The lowest BCUT2D eigenvalue weighted by Gasteiger charge is -2.05. The second-order valence-electron chi connectivity index (χ2n) is 3.94. The molecule has 0 radical (unpaired) electrons. The van der Waals surface area contributed by atoms with Gasteiger partial charge in [-0.2, -0.15) is 5.10 Å². The fourth-order valence-electron chi connectivity index (χ4n) is 1.57. The first-order valence-corrected chi connectivity index (χ1v) is 6.79. The minimum absolute atomic E-state index is 0.191. The van der Waals surface area contributed by atoms with E-state index in [0.717, 1.165) is 16.5 Å². The average molecular weight is 322 g/mol. The van der Waals surface area contributed by atoms with E-state index in [1.165, 1.54) is 12.1 Å². The molecule has 2 rings (SSSR count). The largest absolute Gasteiger partial charge is 0.347 e. The Morgan fingerprint density at radius 3 is 2.74 bits per heavy atom. The monoisotopic (exact) mass is 321 g/mol. The summed E-state index contributed by atoms with van der Waals surface area (Å²) < 4.78 is 0. The van der Waals surface area contributed by atoms with Gasteiger partial charge in [-0.3, -0.25) is 9.59 Å². The molecule has 19 heavy (non-hydrogen) atoms. The average Bonchev–Trinajstić information content (AvgIpc) is 2.46. The van der Waals surface area contributed by atoms with Crippen LogP contribution in [0.3, 0.4) is 0 Å². The number of hydrogen-bond acceptors (Lipinski definition) is 3. The van der Waals surface area contributed by atoms with E-state index in [0.29, 0.717) is 6.54 Å². The normalized spacial score (nSPS) is 10.2. The molecule has 0 aliphatic heterocycles. The molecule has 0 aliphatic carbocycles. The Bertz CT molecular complexity index is 619. The van der Waals surface area contributed by atoms with Crippen LogP contribution in [0, 0.1) is 0 Å². The molecule has 0 saturated carbocycles. The zero-order chi connectivity index (χ0) is 13.7. The molecule has 0 fully saturated rings. The molecule has 98 valence electrons. The van der Waals surface area contributed by atoms with Crippen LogP contribution in [0.5, 0.6) is 0 Å². The lowest BCUT2D eigenvalue weighted by molar-refractivity contribution is 0.0945. The molecule has 6 heteroatoms. The molecule has 0 atom stereocenters. The van der Waals surface area contributed by atoms with E-state index in [-0.39, 0.29) is 17.2 Å². The highest BCUT2D eigenvalue weighted by molar-refractivity contribution is 9.08. The summed E-state index contributed by atoms with van der Waals surface area (Å²) in [5, 5.41) is 9.41. The molecule has 1 aromatic carbocycles. The fourth-order valence-corrected chi connectivity index (χ4v) is 1.92. The Morgan fingerprint density at radius 2 is 2.05 bits per heavy atom. The van der Waals surface area contributed by atoms with Crippen LogP contribution in [0.4, 0.5) is 0 Å². The minimum atomic E-state index is -0.332. The number of halogens is 1. The van der Waals surface area contributed by atoms with Crippen LogP contribution < -0.4 is 10.9 Å². The van der Waals surface area contributed by atoms with E-state index in [1.54, 1.807) is 0 Å². The van der Waals surface area contributed by atoms with Crippen LogP contribution in [-0.2, 0) is 11.9 Å². The first-order chi connectivity index (χ1) is 9.19. The third-order valence-corrected chi connectivity index (χ3v) is 3.16. The number of carbonyl (C=O) groups is 1. The van der Waals surface area contributed by atoms with Crippen LogP contribution in [0.25, 0.3) is 0 Å². The predicted octanol–water partition coefficient (Wildman–Crippen LogP) is 1.59. The number of aromatic amines is 1. The van der Waals surface area contributed by atoms with Crippen molar-refractivity contribution in [2.45, 2.75) is 11.9 Å². The lowest BCUT2D eigenvalue weighted by Crippen LogP contribution is -2.25. The van der Waals surface area contributed by atoms with E-state index in [2.05, 4.69) is 31.4 Å². The highest BCUT2D eigenvalue weighted by Gasteiger charge is 2.06. The number of benzene rings is 1. The van der Waals surface area contributed by atoms with Crippen molar-refractivity contribution in [2.24, 2.45) is 0 Å². The predicted molar refractivity (Wildman–Crippen MR) is 75.1 cm³/mol. The Labute approximate surface area is 118 Å². The van der Waals surface area contributed by atoms with Gasteiger partial charge in [-0.25, -0.2) is 5.10 Å². The molecule has 0 aliphatic rings. The molecule has 1 amide bonds. The molecule has 2 N–H and O–H groups in total. The van der Waals surface area contributed by atoms with E-state index in [4.69, 9.17) is 0 Å². The number of hydrogen-bond donors (Lipinski definition) is 2. The first kappa shape index (κ1) is 13.5. The summed E-state index contributed by atoms with van der Waals surface area (Å²) in [4.78, 5) is 22.6. The maximum absolute atomic E-state index is 11.8. The van der Waals surface area contributed by atoms with Crippen molar-refractivity contribution in [1.82, 2.24) is 15.5 Å². The number of H-pyrrole nitrogens is 1. The van der Waals surface area contributed by atoms with Gasteiger partial charge >= 0.3 is 0 Å². The topological polar surface area (TPSA) is 74.8 Å². The third kappa shape index (κ3) is 3.75. The maximum atomic E-state index is 11.8. The summed E-state index contributed by atoms with van der Waals surface area (Å²) in [5.74, 6) is -0.319. The first-order valence-electron chi connectivity index (χ1n) is 5.67. The van der Waals surface area contributed by atoms with Crippen LogP contribution >= 0.6 is 15.9 Å². The molecular formula is C13H12BrN3O2. The third-order valence-electron chi connectivity index (χ3n) is 2.51. The van der Waals surface area contributed by atoms with Crippen molar-refractivity contribution in [3.05, 3.63) is 63.6 Å². The molecule has 0 spiro atoms. The van der Waals surface area contributed by atoms with Gasteiger partial charge in [0.1, 0.15) is 5.69 Å². The molecule has 1 heterocycles. The fraction of sp³-hybridized carbons (Fsp3) is 0.154. The van der Waals surface area contributed by atoms with Gasteiger partial charge in [-0.1, -0.05) is 40.2 Å². The van der Waals surface area contributed by atoms with Gasteiger partial charge in [0.2, 0.25) is 0 Å². The molecule has 1 aromatic heterocycles. The standard InChI is InChI=1S/C13H12BrN3O2/c14-7-9-2-1-3-10(6-9)8-15-13(19)11-4-5-12(18)17-16-11/h1-6H,7-8H2,(H,15,19)(H,17,18). The quantitative estimate of drug-likeness (QED) is 0.840. The van der Waals surface area contributed by atoms with Gasteiger partial charge in [0, 0.05) is 17.9 Å². The Kier molecular flexibility index (Phi) is 4.46. The summed E-state index contributed by atoms with van der Waals surface area (Å²) in [7, 11) is 0. The molecule has 0 saturated heterocycles. The highest BCUT2D eigenvalue weighted by Crippen LogP contribution is 2.08. The van der Waals surface area contributed by atoms with Crippen LogP contribution in [0.15, 0.2) is 41.2 Å². The number of amides is 1. The number of nitrogens with zero attached hydrogens (tertiary/aromatic N) is 1. The summed E-state index contributed by atoms with van der Waals surface area (Å²) in [5.41, 5.74) is 2.02. The second-order valence-corrected chi connectivity index (χ2v) is 4.50. The van der Waals surface area contributed by atoms with Crippen molar-refractivity contribution in [1.29, 1.82) is 0 Å². The summed E-state index contributed by atoms with van der Waals surface area (Å²) in [6, 6.07) is 10.6. The van der Waals surface area contributed by atoms with Crippen molar-refractivity contribution < 1.29 is 4.79 Å². The maximum Gasteiger partial charge on any atom is 0.271 e. The Balaban J connectivity index is 2.00. The summed E-state index contributed by atoms with van der Waals surface area (Å²) >= 11 is 3.38. The second kappa shape index (κ2) is 6.29. The van der Waals surface area contributed by atoms with Crippen molar-refractivity contribution in [3.63, 3.8) is 0 Å². The smallest absolute Gasteiger partial charge is 0.271 e. The van der Waals surface area contributed by atoms with Gasteiger partial charge in [0.25, 0.3) is 11.5 Å². The van der Waals surface area contributed by atoms with E-state index >= 15 is 0 Å². The summed E-state index contributed by atoms with van der Waals surface area (Å²) in [6.07, 6.45) is 0. The van der Waals surface area contributed by atoms with Crippen LogP contribution in [-0.4, -0.2) is 16.1 Å². The SMILES string of the molecule is O=C(NCc1cccc(CBr)c1)c1ccc(=O)[nH]n1. The molecule has 5 nitrogen and oxygen atoms in total. The highest BCUT2D eigenvalue weighted by atomic mass is 79.9. The number of rotatable bonds is 4. The van der Waals surface area contributed by atoms with Crippen molar-refractivity contribution in [3.8, 4) is 0 Å². The van der Waals surface area contributed by atoms with Crippen molar-refractivity contribution >= 4 is 21.8 Å². The van der Waals surface area contributed by atoms with E-state index in [1.807, 2.05) is 24.3 Å². The number of carbonyl (C=O) groups excluding carboxylic acids is 1. The number of nitrogens with one attached hydrogen (secondary N) is 2.